The van der Waals surface area contributed by atoms with E-state index in [9.17, 15) is 0 Å². The Labute approximate surface area is 361 Å². The van der Waals surface area contributed by atoms with Crippen molar-refractivity contribution in [1.29, 1.82) is 0 Å². The minimum atomic E-state index is 0.576. The van der Waals surface area contributed by atoms with Crippen molar-refractivity contribution in [2.75, 3.05) is 0 Å². The number of aromatic nitrogens is 5. The van der Waals surface area contributed by atoms with Gasteiger partial charge in [0.25, 0.3) is 0 Å². The first-order valence-electron chi connectivity index (χ1n) is 21.2. The number of fused-ring (bicyclic) bond motifs is 9. The maximum atomic E-state index is 6.98. The van der Waals surface area contributed by atoms with E-state index in [1.807, 2.05) is 48.5 Å². The molecular formula is C57H35N5O. The third kappa shape index (κ3) is 5.55. The highest BCUT2D eigenvalue weighted by molar-refractivity contribution is 6.20. The van der Waals surface area contributed by atoms with E-state index in [1.165, 1.54) is 27.1 Å². The third-order valence-corrected chi connectivity index (χ3v) is 12.4. The monoisotopic (exact) mass is 805 g/mol. The summed E-state index contributed by atoms with van der Waals surface area (Å²) in [4.78, 5) is 15.5. The van der Waals surface area contributed by atoms with E-state index in [2.05, 4.69) is 173 Å². The summed E-state index contributed by atoms with van der Waals surface area (Å²) in [7, 11) is 0. The van der Waals surface area contributed by atoms with Gasteiger partial charge in [0.1, 0.15) is 5.58 Å². The summed E-state index contributed by atoms with van der Waals surface area (Å²) in [6, 6.07) is 74.3. The molecule has 6 nitrogen and oxygen atoms in total. The predicted molar refractivity (Wildman–Crippen MR) is 258 cm³/mol. The Hall–Kier alpha value is -8.61. The lowest BCUT2D eigenvalue weighted by Crippen LogP contribution is -2.01. The van der Waals surface area contributed by atoms with Crippen LogP contribution in [0.2, 0.25) is 0 Å². The van der Waals surface area contributed by atoms with E-state index in [4.69, 9.17) is 19.4 Å². The molecule has 6 heteroatoms. The molecule has 0 N–H and O–H groups in total. The molecular weight excluding hydrogens is 771 g/mol. The number of hydrogen-bond acceptors (Lipinski definition) is 4. The van der Waals surface area contributed by atoms with Crippen LogP contribution >= 0.6 is 0 Å². The number of benzene rings is 9. The molecule has 13 rings (SSSR count). The quantitative estimate of drug-likeness (QED) is 0.168. The van der Waals surface area contributed by atoms with Gasteiger partial charge in [-0.2, -0.15) is 0 Å². The summed E-state index contributed by atoms with van der Waals surface area (Å²) in [5.74, 6) is 1.78. The highest BCUT2D eigenvalue weighted by Crippen LogP contribution is 2.44. The molecule has 0 saturated heterocycles. The first-order chi connectivity index (χ1) is 31.2. The summed E-state index contributed by atoms with van der Waals surface area (Å²) in [6.45, 7) is 0. The molecule has 0 radical (unpaired) electrons. The van der Waals surface area contributed by atoms with Crippen LogP contribution in [-0.2, 0) is 0 Å². The molecule has 0 bridgehead atoms. The Kier molecular flexibility index (Phi) is 7.80. The molecule has 0 fully saturated rings. The average molecular weight is 806 g/mol. The van der Waals surface area contributed by atoms with Crippen LogP contribution in [-0.4, -0.2) is 24.1 Å². The first kappa shape index (κ1) is 35.2. The molecule has 0 atom stereocenters. The van der Waals surface area contributed by atoms with Gasteiger partial charge in [-0.3, -0.25) is 0 Å². The largest absolute Gasteiger partial charge is 0.454 e. The van der Waals surface area contributed by atoms with Crippen LogP contribution in [0.3, 0.4) is 0 Å². The standard InChI is InChI=1S/C57H35N5O/c1-4-16-36(17-5-1)37-28-30-39(31-29-37)56-58-55(38-18-6-2-7-19-38)59-57(60-56)44-32-33-49(54-53(44)43-24-12-15-27-52(43)63-54)62-48-26-14-11-23-42(48)46-34-50-45(35-51(46)62)41-22-10-13-25-47(41)61(50)40-20-8-3-9-21-40/h1-35H. The lowest BCUT2D eigenvalue weighted by Gasteiger charge is -2.13. The van der Waals surface area contributed by atoms with Gasteiger partial charge in [0.15, 0.2) is 23.1 Å². The number of nitrogens with zero attached hydrogens (tertiary/aromatic N) is 5. The summed E-state index contributed by atoms with van der Waals surface area (Å²) >= 11 is 0. The minimum Gasteiger partial charge on any atom is -0.454 e. The first-order valence-corrected chi connectivity index (χ1v) is 21.2. The molecule has 0 aliphatic rings. The topological polar surface area (TPSA) is 61.7 Å². The van der Waals surface area contributed by atoms with E-state index in [1.54, 1.807) is 0 Å². The predicted octanol–water partition coefficient (Wildman–Crippen LogP) is 14.6. The molecule has 0 aliphatic heterocycles. The molecule has 4 heterocycles. The van der Waals surface area contributed by atoms with Crippen molar-refractivity contribution >= 4 is 65.6 Å². The fraction of sp³-hybridized carbons (Fsp3) is 0. The normalized spacial score (nSPS) is 11.8. The summed E-state index contributed by atoms with van der Waals surface area (Å²) < 4.78 is 11.7. The van der Waals surface area contributed by atoms with Crippen molar-refractivity contribution in [3.63, 3.8) is 0 Å². The molecule has 4 aromatic heterocycles. The van der Waals surface area contributed by atoms with Crippen molar-refractivity contribution in [3.8, 4) is 56.7 Å². The van der Waals surface area contributed by atoms with Gasteiger partial charge in [-0.25, -0.2) is 15.0 Å². The number of hydrogen-bond donors (Lipinski definition) is 0. The zero-order valence-electron chi connectivity index (χ0n) is 33.9. The van der Waals surface area contributed by atoms with Crippen LogP contribution in [0, 0.1) is 0 Å². The van der Waals surface area contributed by atoms with Crippen LogP contribution < -0.4 is 0 Å². The van der Waals surface area contributed by atoms with Crippen molar-refractivity contribution < 1.29 is 4.42 Å². The Balaban J connectivity index is 1.06. The van der Waals surface area contributed by atoms with Crippen LogP contribution in [0.5, 0.6) is 0 Å². The Morgan fingerprint density at radius 2 is 0.810 bits per heavy atom. The number of furan rings is 1. The summed E-state index contributed by atoms with van der Waals surface area (Å²) in [6.07, 6.45) is 0. The molecule has 0 unspecified atom stereocenters. The van der Waals surface area contributed by atoms with E-state index in [0.717, 1.165) is 77.7 Å². The minimum absolute atomic E-state index is 0.576. The van der Waals surface area contributed by atoms with Gasteiger partial charge >= 0.3 is 0 Å². The molecule has 0 saturated carbocycles. The fourth-order valence-electron chi connectivity index (χ4n) is 9.51. The van der Waals surface area contributed by atoms with Gasteiger partial charge in [-0.05, 0) is 65.7 Å². The second kappa shape index (κ2) is 14.0. The summed E-state index contributed by atoms with van der Waals surface area (Å²) in [5.41, 5.74) is 13.1. The highest BCUT2D eigenvalue weighted by Gasteiger charge is 2.24. The lowest BCUT2D eigenvalue weighted by atomic mass is 10.0. The van der Waals surface area contributed by atoms with Gasteiger partial charge in [-0.1, -0.05) is 158 Å². The van der Waals surface area contributed by atoms with Crippen molar-refractivity contribution in [2.24, 2.45) is 0 Å². The molecule has 13 aromatic rings. The SMILES string of the molecule is c1ccc(-c2ccc(-c3nc(-c4ccccc4)nc(-c4ccc(-n5c6ccccc6c6cc7c(cc65)c5ccccc5n7-c5ccccc5)c5oc6ccccc6c45)n3)cc2)cc1. The Bertz CT molecular complexity index is 3890. The second-order valence-corrected chi connectivity index (χ2v) is 16.0. The van der Waals surface area contributed by atoms with Gasteiger partial charge in [-0.15, -0.1) is 0 Å². The third-order valence-electron chi connectivity index (χ3n) is 12.4. The maximum absolute atomic E-state index is 6.98. The lowest BCUT2D eigenvalue weighted by molar-refractivity contribution is 0.666. The van der Waals surface area contributed by atoms with Crippen LogP contribution in [0.4, 0.5) is 0 Å². The van der Waals surface area contributed by atoms with Crippen molar-refractivity contribution in [1.82, 2.24) is 24.1 Å². The van der Waals surface area contributed by atoms with E-state index >= 15 is 0 Å². The Morgan fingerprint density at radius 3 is 1.48 bits per heavy atom. The van der Waals surface area contributed by atoms with Crippen molar-refractivity contribution in [3.05, 3.63) is 212 Å². The zero-order valence-corrected chi connectivity index (χ0v) is 33.9. The number of rotatable bonds is 6. The second-order valence-electron chi connectivity index (χ2n) is 16.0. The zero-order chi connectivity index (χ0) is 41.4. The molecule has 0 aliphatic carbocycles. The Morgan fingerprint density at radius 1 is 0.333 bits per heavy atom. The van der Waals surface area contributed by atoms with Gasteiger partial charge in [0.05, 0.1) is 27.8 Å². The van der Waals surface area contributed by atoms with Gasteiger partial charge in [0.2, 0.25) is 0 Å². The summed E-state index contributed by atoms with van der Waals surface area (Å²) in [5, 5.41) is 6.67. The molecule has 294 valence electrons. The highest BCUT2D eigenvalue weighted by atomic mass is 16.3. The maximum Gasteiger partial charge on any atom is 0.164 e. The van der Waals surface area contributed by atoms with Gasteiger partial charge < -0.3 is 13.6 Å². The van der Waals surface area contributed by atoms with Crippen LogP contribution in [0.15, 0.2) is 217 Å². The van der Waals surface area contributed by atoms with E-state index < -0.39 is 0 Å². The molecule has 0 amide bonds. The number of para-hydroxylation sites is 4. The average Bonchev–Trinajstić information content (AvgIpc) is 4.02. The molecule has 0 spiro atoms. The van der Waals surface area contributed by atoms with Crippen LogP contribution in [0.1, 0.15) is 0 Å². The van der Waals surface area contributed by atoms with Crippen molar-refractivity contribution in [2.45, 2.75) is 0 Å². The van der Waals surface area contributed by atoms with Gasteiger partial charge in [0, 0.05) is 54.7 Å². The smallest absolute Gasteiger partial charge is 0.164 e. The van der Waals surface area contributed by atoms with Crippen LogP contribution in [0.25, 0.3) is 122 Å². The van der Waals surface area contributed by atoms with E-state index in [0.29, 0.717) is 17.5 Å². The molecule has 63 heavy (non-hydrogen) atoms. The van der Waals surface area contributed by atoms with E-state index in [-0.39, 0.29) is 0 Å². The molecule has 9 aromatic carbocycles. The fourth-order valence-corrected chi connectivity index (χ4v) is 9.51.